The van der Waals surface area contributed by atoms with E-state index in [2.05, 4.69) is 18.3 Å². The second-order valence-electron chi connectivity index (χ2n) is 7.25. The molecule has 1 saturated carbocycles. The molecule has 0 aromatic heterocycles. The molecule has 0 unspecified atom stereocenters. The number of aryl methyl sites for hydroxylation is 2. The third-order valence-corrected chi connectivity index (χ3v) is 5.07. The average Bonchev–Trinajstić information content (AvgIpc) is 2.49. The van der Waals surface area contributed by atoms with Gasteiger partial charge in [-0.15, -0.1) is 0 Å². The Morgan fingerprint density at radius 3 is 1.91 bits per heavy atom. The van der Waals surface area contributed by atoms with Crippen molar-refractivity contribution in [3.8, 4) is 0 Å². The molecule has 2 rings (SSSR count). The highest BCUT2D eigenvalue weighted by atomic mass is 16.1. The number of hydrogen-bond donors (Lipinski definition) is 1. The zero-order valence-electron chi connectivity index (χ0n) is 15.0. The first-order chi connectivity index (χ1) is 11.2. The minimum Gasteiger partial charge on any atom is -0.349 e. The third kappa shape index (κ3) is 6.37. The van der Waals surface area contributed by atoms with Gasteiger partial charge in [0.1, 0.15) is 0 Å². The van der Waals surface area contributed by atoms with Crippen LogP contribution in [0.15, 0.2) is 18.2 Å². The highest BCUT2D eigenvalue weighted by molar-refractivity contribution is 5.95. The SMILES string of the molecule is Cc1ccc(C(=O)NC2CCCCCCCCCCC2)c(C)c1. The van der Waals surface area contributed by atoms with Gasteiger partial charge < -0.3 is 5.32 Å². The normalized spacial score (nSPS) is 18.7. The van der Waals surface area contributed by atoms with Crippen molar-refractivity contribution in [2.24, 2.45) is 0 Å². The minimum absolute atomic E-state index is 0.111. The van der Waals surface area contributed by atoms with Gasteiger partial charge in [-0.2, -0.15) is 0 Å². The first kappa shape index (κ1) is 18.0. The summed E-state index contributed by atoms with van der Waals surface area (Å²) in [6.07, 6.45) is 14.3. The number of rotatable bonds is 2. The molecule has 0 heterocycles. The summed E-state index contributed by atoms with van der Waals surface area (Å²) >= 11 is 0. The molecule has 0 aliphatic heterocycles. The molecule has 1 N–H and O–H groups in total. The van der Waals surface area contributed by atoms with Crippen LogP contribution in [0.5, 0.6) is 0 Å². The first-order valence-electron chi connectivity index (χ1n) is 9.55. The van der Waals surface area contributed by atoms with E-state index in [1.165, 1.54) is 63.4 Å². The van der Waals surface area contributed by atoms with Gasteiger partial charge in [-0.3, -0.25) is 4.79 Å². The molecule has 0 radical (unpaired) electrons. The fraction of sp³-hybridized carbons (Fsp3) is 0.667. The van der Waals surface area contributed by atoms with Crippen molar-refractivity contribution < 1.29 is 4.79 Å². The zero-order valence-corrected chi connectivity index (χ0v) is 15.0. The van der Waals surface area contributed by atoms with Gasteiger partial charge in [-0.05, 0) is 38.3 Å². The summed E-state index contributed by atoms with van der Waals surface area (Å²) in [5.41, 5.74) is 3.13. The van der Waals surface area contributed by atoms with Gasteiger partial charge in [0.25, 0.3) is 5.91 Å². The molecule has 1 aliphatic rings. The molecular weight excluding hydrogens is 282 g/mol. The molecule has 1 aromatic carbocycles. The minimum atomic E-state index is 0.111. The van der Waals surface area contributed by atoms with Crippen molar-refractivity contribution in [3.63, 3.8) is 0 Å². The number of amides is 1. The van der Waals surface area contributed by atoms with Crippen molar-refractivity contribution in [2.45, 2.75) is 90.5 Å². The summed E-state index contributed by atoms with van der Waals surface area (Å²) < 4.78 is 0. The smallest absolute Gasteiger partial charge is 0.251 e. The summed E-state index contributed by atoms with van der Waals surface area (Å²) in [6, 6.07) is 6.44. The van der Waals surface area contributed by atoms with Crippen LogP contribution in [0.1, 0.15) is 92.1 Å². The van der Waals surface area contributed by atoms with Gasteiger partial charge in [0.15, 0.2) is 0 Å². The van der Waals surface area contributed by atoms with Gasteiger partial charge in [-0.25, -0.2) is 0 Å². The summed E-state index contributed by atoms with van der Waals surface area (Å²) in [7, 11) is 0. The van der Waals surface area contributed by atoms with Gasteiger partial charge in [0.05, 0.1) is 0 Å². The van der Waals surface area contributed by atoms with E-state index in [-0.39, 0.29) is 5.91 Å². The largest absolute Gasteiger partial charge is 0.349 e. The van der Waals surface area contributed by atoms with Gasteiger partial charge >= 0.3 is 0 Å². The standard InChI is InChI=1S/C21H33NO/c1-17-14-15-20(18(2)16-17)21(23)22-19-12-10-8-6-4-3-5-7-9-11-13-19/h14-16,19H,3-13H2,1-2H3,(H,22,23). The Kier molecular flexibility index (Phi) is 7.64. The molecule has 1 amide bonds. The van der Waals surface area contributed by atoms with E-state index in [1.807, 2.05) is 19.1 Å². The molecule has 1 fully saturated rings. The van der Waals surface area contributed by atoms with Crippen molar-refractivity contribution in [1.29, 1.82) is 0 Å². The van der Waals surface area contributed by atoms with Crippen LogP contribution in [0.3, 0.4) is 0 Å². The Balaban J connectivity index is 1.92. The summed E-state index contributed by atoms with van der Waals surface area (Å²) in [5, 5.41) is 3.31. The van der Waals surface area contributed by atoms with E-state index in [0.29, 0.717) is 6.04 Å². The molecule has 2 heteroatoms. The van der Waals surface area contributed by atoms with Crippen LogP contribution in [0.25, 0.3) is 0 Å². The predicted octanol–water partition coefficient (Wildman–Crippen LogP) is 5.71. The van der Waals surface area contributed by atoms with Crippen LogP contribution in [0.2, 0.25) is 0 Å². The lowest BCUT2D eigenvalue weighted by Crippen LogP contribution is -2.35. The average molecular weight is 316 g/mol. The number of carbonyl (C=O) groups is 1. The van der Waals surface area contributed by atoms with E-state index >= 15 is 0 Å². The predicted molar refractivity (Wildman–Crippen MR) is 98.0 cm³/mol. The van der Waals surface area contributed by atoms with E-state index < -0.39 is 0 Å². The number of hydrogen-bond acceptors (Lipinski definition) is 1. The van der Waals surface area contributed by atoms with Crippen LogP contribution in [-0.2, 0) is 0 Å². The van der Waals surface area contributed by atoms with Crippen LogP contribution in [-0.4, -0.2) is 11.9 Å². The Bertz CT molecular complexity index is 483. The summed E-state index contributed by atoms with van der Waals surface area (Å²) in [4.78, 5) is 12.6. The maximum atomic E-state index is 12.6. The second kappa shape index (κ2) is 9.75. The van der Waals surface area contributed by atoms with Crippen molar-refractivity contribution >= 4 is 5.91 Å². The molecule has 23 heavy (non-hydrogen) atoms. The number of carbonyl (C=O) groups excluding carboxylic acids is 1. The van der Waals surface area contributed by atoms with E-state index in [1.54, 1.807) is 0 Å². The molecule has 2 nitrogen and oxygen atoms in total. The molecule has 1 aliphatic carbocycles. The quantitative estimate of drug-likeness (QED) is 0.744. The third-order valence-electron chi connectivity index (χ3n) is 5.07. The molecule has 0 atom stereocenters. The van der Waals surface area contributed by atoms with E-state index in [9.17, 15) is 4.79 Å². The Hall–Kier alpha value is -1.31. The van der Waals surface area contributed by atoms with Gasteiger partial charge in [0, 0.05) is 11.6 Å². The highest BCUT2D eigenvalue weighted by Gasteiger charge is 2.15. The Morgan fingerprint density at radius 1 is 0.870 bits per heavy atom. The topological polar surface area (TPSA) is 29.1 Å². The monoisotopic (exact) mass is 315 g/mol. The second-order valence-corrected chi connectivity index (χ2v) is 7.25. The van der Waals surface area contributed by atoms with E-state index in [0.717, 1.165) is 24.0 Å². The van der Waals surface area contributed by atoms with Crippen LogP contribution in [0.4, 0.5) is 0 Å². The molecule has 128 valence electrons. The van der Waals surface area contributed by atoms with Crippen molar-refractivity contribution in [3.05, 3.63) is 34.9 Å². The highest BCUT2D eigenvalue weighted by Crippen LogP contribution is 2.18. The lowest BCUT2D eigenvalue weighted by molar-refractivity contribution is 0.0931. The fourth-order valence-corrected chi connectivity index (χ4v) is 3.64. The maximum absolute atomic E-state index is 12.6. The Labute approximate surface area is 142 Å². The fourth-order valence-electron chi connectivity index (χ4n) is 3.64. The molecule has 0 saturated heterocycles. The van der Waals surface area contributed by atoms with Gasteiger partial charge in [-0.1, -0.05) is 75.5 Å². The lowest BCUT2D eigenvalue weighted by Gasteiger charge is -2.20. The summed E-state index contributed by atoms with van der Waals surface area (Å²) in [6.45, 7) is 4.10. The maximum Gasteiger partial charge on any atom is 0.251 e. The number of benzene rings is 1. The van der Waals surface area contributed by atoms with Crippen molar-refractivity contribution in [1.82, 2.24) is 5.32 Å². The lowest BCUT2D eigenvalue weighted by atomic mass is 9.97. The van der Waals surface area contributed by atoms with E-state index in [4.69, 9.17) is 0 Å². The number of nitrogens with one attached hydrogen (secondary N) is 1. The Morgan fingerprint density at radius 2 is 1.39 bits per heavy atom. The van der Waals surface area contributed by atoms with Crippen LogP contribution >= 0.6 is 0 Å². The molecular formula is C21H33NO. The summed E-state index contributed by atoms with van der Waals surface area (Å²) in [5.74, 6) is 0.111. The van der Waals surface area contributed by atoms with Crippen LogP contribution in [0, 0.1) is 13.8 Å². The zero-order chi connectivity index (χ0) is 16.5. The van der Waals surface area contributed by atoms with Crippen LogP contribution < -0.4 is 5.32 Å². The first-order valence-corrected chi connectivity index (χ1v) is 9.55. The molecule has 1 aromatic rings. The molecule has 0 bridgehead atoms. The van der Waals surface area contributed by atoms with Gasteiger partial charge in [0.2, 0.25) is 0 Å². The van der Waals surface area contributed by atoms with Crippen molar-refractivity contribution in [2.75, 3.05) is 0 Å². The molecule has 0 spiro atoms.